The molecule has 1 aromatic carbocycles. The fourth-order valence-corrected chi connectivity index (χ4v) is 4.41. The van der Waals surface area contributed by atoms with Crippen molar-refractivity contribution in [3.63, 3.8) is 0 Å². The molecule has 1 heterocycles. The summed E-state index contributed by atoms with van der Waals surface area (Å²) in [5, 5.41) is 4.73. The zero-order valence-corrected chi connectivity index (χ0v) is 14.3. The van der Waals surface area contributed by atoms with E-state index in [9.17, 15) is 0 Å². The molecule has 0 spiro atoms. The third-order valence-corrected chi connectivity index (χ3v) is 5.68. The Labute approximate surface area is 133 Å². The van der Waals surface area contributed by atoms with E-state index in [-0.39, 0.29) is 0 Å². The van der Waals surface area contributed by atoms with Gasteiger partial charge in [-0.1, -0.05) is 47.0 Å². The minimum Gasteiger partial charge on any atom is -0.359 e. The standard InChI is InChI=1S/C16H21BrN2S/c1-2-3-11-4-7-13(8-5-11)18-16-19-14-10-12(17)6-9-15(14)20-16/h6,9-11,13H,2-5,7-8H2,1H3,(H,18,19). The molecule has 1 fully saturated rings. The van der Waals surface area contributed by atoms with Gasteiger partial charge in [0.2, 0.25) is 0 Å². The first-order valence-corrected chi connectivity index (χ1v) is 9.18. The highest BCUT2D eigenvalue weighted by Crippen LogP contribution is 2.32. The molecule has 3 rings (SSSR count). The Morgan fingerprint density at radius 2 is 2.10 bits per heavy atom. The van der Waals surface area contributed by atoms with Crippen LogP contribution in [0.15, 0.2) is 22.7 Å². The molecule has 1 aromatic heterocycles. The number of aromatic nitrogens is 1. The van der Waals surface area contributed by atoms with E-state index in [1.54, 1.807) is 11.3 Å². The van der Waals surface area contributed by atoms with Gasteiger partial charge in [-0.05, 0) is 49.8 Å². The highest BCUT2D eigenvalue weighted by molar-refractivity contribution is 9.10. The van der Waals surface area contributed by atoms with Crippen LogP contribution in [0, 0.1) is 5.92 Å². The summed E-state index contributed by atoms with van der Waals surface area (Å²) in [6, 6.07) is 6.93. The Balaban J connectivity index is 1.62. The van der Waals surface area contributed by atoms with Gasteiger partial charge in [0.15, 0.2) is 5.13 Å². The molecule has 4 heteroatoms. The predicted molar refractivity (Wildman–Crippen MR) is 91.6 cm³/mol. The fraction of sp³-hybridized carbons (Fsp3) is 0.562. The van der Waals surface area contributed by atoms with Gasteiger partial charge >= 0.3 is 0 Å². The van der Waals surface area contributed by atoms with E-state index in [4.69, 9.17) is 4.98 Å². The molecule has 0 bridgehead atoms. The lowest BCUT2D eigenvalue weighted by Crippen LogP contribution is -2.25. The van der Waals surface area contributed by atoms with Gasteiger partial charge in [0.25, 0.3) is 0 Å². The Kier molecular flexibility index (Phi) is 4.61. The Morgan fingerprint density at radius 1 is 1.30 bits per heavy atom. The molecule has 0 radical (unpaired) electrons. The zero-order chi connectivity index (χ0) is 13.9. The van der Waals surface area contributed by atoms with Crippen LogP contribution in [0.25, 0.3) is 10.2 Å². The van der Waals surface area contributed by atoms with E-state index in [2.05, 4.69) is 46.4 Å². The maximum absolute atomic E-state index is 4.70. The van der Waals surface area contributed by atoms with Crippen molar-refractivity contribution in [2.75, 3.05) is 5.32 Å². The summed E-state index contributed by atoms with van der Waals surface area (Å²) in [5.74, 6) is 0.962. The molecule has 0 unspecified atom stereocenters. The molecule has 108 valence electrons. The van der Waals surface area contributed by atoms with E-state index >= 15 is 0 Å². The van der Waals surface area contributed by atoms with Gasteiger partial charge in [-0.3, -0.25) is 0 Å². The number of hydrogen-bond acceptors (Lipinski definition) is 3. The van der Waals surface area contributed by atoms with Crippen molar-refractivity contribution >= 4 is 42.6 Å². The molecule has 0 atom stereocenters. The second kappa shape index (κ2) is 6.44. The van der Waals surface area contributed by atoms with Crippen molar-refractivity contribution in [2.45, 2.75) is 51.5 Å². The van der Waals surface area contributed by atoms with Gasteiger partial charge in [-0.25, -0.2) is 4.98 Å². The smallest absolute Gasteiger partial charge is 0.184 e. The SMILES string of the molecule is CCCC1CCC(Nc2nc3cc(Br)ccc3s2)CC1. The summed E-state index contributed by atoms with van der Waals surface area (Å²) in [6.07, 6.45) is 8.08. The first-order valence-electron chi connectivity index (χ1n) is 7.57. The molecule has 0 saturated heterocycles. The first-order chi connectivity index (χ1) is 9.74. The lowest BCUT2D eigenvalue weighted by Gasteiger charge is -2.28. The average molecular weight is 353 g/mol. The number of hydrogen-bond donors (Lipinski definition) is 1. The molecule has 2 nitrogen and oxygen atoms in total. The number of thiazole rings is 1. The van der Waals surface area contributed by atoms with E-state index in [0.717, 1.165) is 21.0 Å². The van der Waals surface area contributed by atoms with Crippen molar-refractivity contribution in [3.8, 4) is 0 Å². The van der Waals surface area contributed by atoms with Crippen LogP contribution >= 0.6 is 27.3 Å². The largest absolute Gasteiger partial charge is 0.359 e. The lowest BCUT2D eigenvalue weighted by molar-refractivity contribution is 0.319. The van der Waals surface area contributed by atoms with Crippen molar-refractivity contribution in [2.24, 2.45) is 5.92 Å². The zero-order valence-electron chi connectivity index (χ0n) is 11.9. The number of anilines is 1. The normalized spacial score (nSPS) is 23.1. The summed E-state index contributed by atoms with van der Waals surface area (Å²) in [5.41, 5.74) is 1.09. The van der Waals surface area contributed by atoms with Crippen LogP contribution in [0.5, 0.6) is 0 Å². The summed E-state index contributed by atoms with van der Waals surface area (Å²) < 4.78 is 2.36. The minimum atomic E-state index is 0.618. The third-order valence-electron chi connectivity index (χ3n) is 4.22. The summed E-state index contributed by atoms with van der Waals surface area (Å²) >= 11 is 5.27. The Morgan fingerprint density at radius 3 is 2.85 bits per heavy atom. The Hall–Kier alpha value is -0.610. The van der Waals surface area contributed by atoms with Crippen molar-refractivity contribution in [1.29, 1.82) is 0 Å². The molecule has 20 heavy (non-hydrogen) atoms. The van der Waals surface area contributed by atoms with Gasteiger partial charge in [0.1, 0.15) is 0 Å². The third kappa shape index (κ3) is 3.34. The summed E-state index contributed by atoms with van der Waals surface area (Å²) in [7, 11) is 0. The topological polar surface area (TPSA) is 24.9 Å². The van der Waals surface area contributed by atoms with Gasteiger partial charge in [0.05, 0.1) is 10.2 Å². The molecule has 0 amide bonds. The molecule has 0 aliphatic heterocycles. The second-order valence-corrected chi connectivity index (χ2v) is 7.73. The molecule has 1 aliphatic carbocycles. The highest BCUT2D eigenvalue weighted by Gasteiger charge is 2.21. The van der Waals surface area contributed by atoms with E-state index in [1.807, 2.05) is 0 Å². The van der Waals surface area contributed by atoms with Crippen molar-refractivity contribution in [1.82, 2.24) is 4.98 Å². The van der Waals surface area contributed by atoms with Crippen LogP contribution in [0.4, 0.5) is 5.13 Å². The van der Waals surface area contributed by atoms with Crippen LogP contribution in [0.3, 0.4) is 0 Å². The van der Waals surface area contributed by atoms with Crippen LogP contribution in [0.1, 0.15) is 45.4 Å². The number of nitrogens with zero attached hydrogens (tertiary/aromatic N) is 1. The van der Waals surface area contributed by atoms with E-state index in [1.165, 1.54) is 43.2 Å². The van der Waals surface area contributed by atoms with Crippen LogP contribution in [-0.2, 0) is 0 Å². The van der Waals surface area contributed by atoms with Gasteiger partial charge < -0.3 is 5.32 Å². The number of rotatable bonds is 4. The molecular formula is C16H21BrN2S. The fourth-order valence-electron chi connectivity index (χ4n) is 3.14. The molecule has 1 aliphatic rings. The van der Waals surface area contributed by atoms with Crippen LogP contribution < -0.4 is 5.32 Å². The van der Waals surface area contributed by atoms with Crippen molar-refractivity contribution in [3.05, 3.63) is 22.7 Å². The van der Waals surface area contributed by atoms with Gasteiger partial charge in [-0.2, -0.15) is 0 Å². The molecule has 2 aromatic rings. The van der Waals surface area contributed by atoms with Crippen molar-refractivity contribution < 1.29 is 0 Å². The summed E-state index contributed by atoms with van der Waals surface area (Å²) in [4.78, 5) is 4.70. The highest BCUT2D eigenvalue weighted by atomic mass is 79.9. The maximum atomic E-state index is 4.70. The molecule has 1 saturated carbocycles. The number of fused-ring (bicyclic) bond motifs is 1. The number of halogens is 1. The Bertz CT molecular complexity index is 573. The predicted octanol–water partition coefficient (Wildman–Crippen LogP) is 5.83. The van der Waals surface area contributed by atoms with Crippen LogP contribution in [0.2, 0.25) is 0 Å². The quantitative estimate of drug-likeness (QED) is 0.748. The number of nitrogens with one attached hydrogen (secondary N) is 1. The lowest BCUT2D eigenvalue weighted by atomic mass is 9.83. The van der Waals surface area contributed by atoms with Gasteiger partial charge in [0, 0.05) is 10.5 Å². The number of benzene rings is 1. The van der Waals surface area contributed by atoms with Gasteiger partial charge in [-0.15, -0.1) is 0 Å². The maximum Gasteiger partial charge on any atom is 0.184 e. The van der Waals surface area contributed by atoms with Crippen LogP contribution in [-0.4, -0.2) is 11.0 Å². The molecular weight excluding hydrogens is 332 g/mol. The monoisotopic (exact) mass is 352 g/mol. The summed E-state index contributed by atoms with van der Waals surface area (Å²) in [6.45, 7) is 2.30. The molecule has 1 N–H and O–H groups in total. The van der Waals surface area contributed by atoms with E-state index < -0.39 is 0 Å². The minimum absolute atomic E-state index is 0.618. The van der Waals surface area contributed by atoms with E-state index in [0.29, 0.717) is 6.04 Å². The first kappa shape index (κ1) is 14.3. The average Bonchev–Trinajstić information content (AvgIpc) is 2.82. The second-order valence-electron chi connectivity index (χ2n) is 5.78.